The molecular weight excluding hydrogens is 587 g/mol. The lowest BCUT2D eigenvalue weighted by Gasteiger charge is -2.13. The molecule has 9 nitrogen and oxygen atoms in total. The third-order valence-corrected chi connectivity index (χ3v) is 5.89. The molecule has 2 N–H and O–H groups in total. The van der Waals surface area contributed by atoms with E-state index in [9.17, 15) is 14.4 Å². The SMILES string of the molecule is COc1cc(C=Nn2c(=O)[nH]c3ccccc3c2=O)cc(I)c1OCC(=O)Nc1ccc(Cl)cc1. The first kappa shape index (κ1) is 24.5. The molecule has 1 heterocycles. The summed E-state index contributed by atoms with van der Waals surface area (Å²) in [5.74, 6) is 0.375. The van der Waals surface area contributed by atoms with Crippen LogP contribution in [-0.2, 0) is 4.79 Å². The predicted molar refractivity (Wildman–Crippen MR) is 143 cm³/mol. The lowest BCUT2D eigenvalue weighted by Crippen LogP contribution is -2.32. The summed E-state index contributed by atoms with van der Waals surface area (Å²) in [6, 6.07) is 16.7. The summed E-state index contributed by atoms with van der Waals surface area (Å²) >= 11 is 7.89. The zero-order valence-corrected chi connectivity index (χ0v) is 21.2. The summed E-state index contributed by atoms with van der Waals surface area (Å²) < 4.78 is 12.5. The number of carbonyl (C=O) groups is 1. The number of methoxy groups -OCH3 is 1. The van der Waals surface area contributed by atoms with E-state index in [1.165, 1.54) is 13.3 Å². The molecule has 0 spiro atoms. The van der Waals surface area contributed by atoms with Gasteiger partial charge < -0.3 is 19.8 Å². The number of amides is 1. The standard InChI is InChI=1S/C24H18ClIN4O5/c1-34-20-11-14(12-27-30-23(32)17-4-2-3-5-19(17)29-24(30)33)10-18(26)22(20)35-13-21(31)28-16-8-6-15(25)7-9-16/h2-12H,13H2,1H3,(H,28,31)(H,29,33). The van der Waals surface area contributed by atoms with Crippen LogP contribution in [0, 0.1) is 3.57 Å². The highest BCUT2D eigenvalue weighted by Crippen LogP contribution is 2.33. The van der Waals surface area contributed by atoms with Crippen molar-refractivity contribution >= 4 is 62.9 Å². The van der Waals surface area contributed by atoms with Crippen LogP contribution in [0.15, 0.2) is 75.4 Å². The fraction of sp³-hybridized carbons (Fsp3) is 0.0833. The van der Waals surface area contributed by atoms with E-state index in [4.69, 9.17) is 21.1 Å². The molecule has 0 saturated heterocycles. The van der Waals surface area contributed by atoms with Gasteiger partial charge in [0.25, 0.3) is 11.5 Å². The van der Waals surface area contributed by atoms with Crippen molar-refractivity contribution in [2.75, 3.05) is 19.0 Å². The molecule has 0 unspecified atom stereocenters. The quantitative estimate of drug-likeness (QED) is 0.246. The number of halogens is 2. The second kappa shape index (κ2) is 10.7. The molecule has 4 aromatic rings. The van der Waals surface area contributed by atoms with Gasteiger partial charge in [-0.05, 0) is 76.7 Å². The molecule has 178 valence electrons. The van der Waals surface area contributed by atoms with E-state index in [1.54, 1.807) is 60.7 Å². The molecule has 0 aliphatic carbocycles. The fourth-order valence-electron chi connectivity index (χ4n) is 3.20. The Balaban J connectivity index is 1.53. The number of hydrogen-bond donors (Lipinski definition) is 2. The molecule has 0 radical (unpaired) electrons. The Morgan fingerprint density at radius 3 is 2.66 bits per heavy atom. The third-order valence-electron chi connectivity index (χ3n) is 4.83. The number of nitrogens with zero attached hydrogens (tertiary/aromatic N) is 2. The Morgan fingerprint density at radius 2 is 1.91 bits per heavy atom. The Labute approximate surface area is 217 Å². The zero-order valence-electron chi connectivity index (χ0n) is 18.2. The Hall–Kier alpha value is -3.64. The largest absolute Gasteiger partial charge is 0.493 e. The Kier molecular flexibility index (Phi) is 7.51. The summed E-state index contributed by atoms with van der Waals surface area (Å²) in [6.45, 7) is -0.246. The van der Waals surface area contributed by atoms with E-state index >= 15 is 0 Å². The average molecular weight is 605 g/mol. The van der Waals surface area contributed by atoms with Crippen LogP contribution in [0.25, 0.3) is 10.9 Å². The lowest BCUT2D eigenvalue weighted by atomic mass is 10.2. The van der Waals surface area contributed by atoms with Crippen LogP contribution in [0.1, 0.15) is 5.56 Å². The molecule has 3 aromatic carbocycles. The van der Waals surface area contributed by atoms with Gasteiger partial charge in [0.05, 0.1) is 27.8 Å². The van der Waals surface area contributed by atoms with Crippen molar-refractivity contribution in [3.63, 3.8) is 0 Å². The van der Waals surface area contributed by atoms with Gasteiger partial charge in [0.2, 0.25) is 0 Å². The van der Waals surface area contributed by atoms with Gasteiger partial charge in [-0.25, -0.2) is 4.79 Å². The number of benzene rings is 3. The number of aromatic amines is 1. The highest BCUT2D eigenvalue weighted by atomic mass is 127. The first-order valence-electron chi connectivity index (χ1n) is 10.2. The van der Waals surface area contributed by atoms with Gasteiger partial charge in [-0.3, -0.25) is 9.59 Å². The zero-order chi connectivity index (χ0) is 24.9. The van der Waals surface area contributed by atoms with Crippen LogP contribution in [0.5, 0.6) is 11.5 Å². The van der Waals surface area contributed by atoms with E-state index in [2.05, 4.69) is 15.4 Å². The van der Waals surface area contributed by atoms with Gasteiger partial charge in [0.15, 0.2) is 18.1 Å². The maximum atomic E-state index is 12.6. The lowest BCUT2D eigenvalue weighted by molar-refractivity contribution is -0.118. The number of anilines is 1. The van der Waals surface area contributed by atoms with Gasteiger partial charge in [-0.1, -0.05) is 23.7 Å². The maximum absolute atomic E-state index is 12.6. The Bertz CT molecular complexity index is 1550. The first-order valence-corrected chi connectivity index (χ1v) is 11.7. The van der Waals surface area contributed by atoms with Gasteiger partial charge in [-0.2, -0.15) is 5.10 Å². The number of H-pyrrole nitrogens is 1. The average Bonchev–Trinajstić information content (AvgIpc) is 2.84. The highest BCUT2D eigenvalue weighted by Gasteiger charge is 2.14. The molecular formula is C24H18ClIN4O5. The minimum absolute atomic E-state index is 0.246. The summed E-state index contributed by atoms with van der Waals surface area (Å²) in [7, 11) is 1.46. The van der Waals surface area contributed by atoms with Gasteiger partial charge in [0, 0.05) is 10.7 Å². The molecule has 1 amide bonds. The predicted octanol–water partition coefficient (Wildman–Crippen LogP) is 3.86. The monoisotopic (exact) mass is 604 g/mol. The van der Waals surface area contributed by atoms with Crippen molar-refractivity contribution in [2.45, 2.75) is 0 Å². The number of ether oxygens (including phenoxy) is 2. The number of aromatic nitrogens is 2. The maximum Gasteiger partial charge on any atom is 0.349 e. The third kappa shape index (κ3) is 5.72. The van der Waals surface area contributed by atoms with Crippen molar-refractivity contribution in [3.05, 3.63) is 95.7 Å². The summed E-state index contributed by atoms with van der Waals surface area (Å²) in [6.07, 6.45) is 1.37. The number of carbonyl (C=O) groups excluding carboxylic acids is 1. The number of para-hydroxylation sites is 1. The van der Waals surface area contributed by atoms with Crippen molar-refractivity contribution < 1.29 is 14.3 Å². The van der Waals surface area contributed by atoms with Crippen LogP contribution in [0.2, 0.25) is 5.02 Å². The van der Waals surface area contributed by atoms with Crippen LogP contribution in [0.3, 0.4) is 0 Å². The van der Waals surface area contributed by atoms with Crippen molar-refractivity contribution in [1.29, 1.82) is 0 Å². The minimum atomic E-state index is -0.654. The molecule has 0 aliphatic rings. The van der Waals surface area contributed by atoms with Crippen molar-refractivity contribution in [1.82, 2.24) is 9.66 Å². The minimum Gasteiger partial charge on any atom is -0.493 e. The van der Waals surface area contributed by atoms with E-state index in [-0.39, 0.29) is 12.5 Å². The van der Waals surface area contributed by atoms with Crippen LogP contribution >= 0.6 is 34.2 Å². The smallest absolute Gasteiger partial charge is 0.349 e. The molecule has 1 aromatic heterocycles. The second-order valence-electron chi connectivity index (χ2n) is 7.22. The van der Waals surface area contributed by atoms with E-state index < -0.39 is 11.2 Å². The van der Waals surface area contributed by atoms with Crippen LogP contribution in [0.4, 0.5) is 5.69 Å². The molecule has 35 heavy (non-hydrogen) atoms. The molecule has 0 aliphatic heterocycles. The summed E-state index contributed by atoms with van der Waals surface area (Å²) in [4.78, 5) is 39.9. The fourth-order valence-corrected chi connectivity index (χ4v) is 4.11. The highest BCUT2D eigenvalue weighted by molar-refractivity contribution is 14.1. The molecule has 0 fully saturated rings. The normalized spacial score (nSPS) is 11.1. The van der Waals surface area contributed by atoms with Crippen LogP contribution < -0.4 is 26.0 Å². The number of fused-ring (bicyclic) bond motifs is 1. The molecule has 0 saturated carbocycles. The molecule has 11 heteroatoms. The van der Waals surface area contributed by atoms with Gasteiger partial charge in [-0.15, -0.1) is 4.68 Å². The van der Waals surface area contributed by atoms with Crippen molar-refractivity contribution in [3.8, 4) is 11.5 Å². The summed E-state index contributed by atoms with van der Waals surface area (Å²) in [5.41, 5.74) is 0.401. The van der Waals surface area contributed by atoms with Gasteiger partial charge >= 0.3 is 5.69 Å². The number of nitrogens with one attached hydrogen (secondary N) is 2. The van der Waals surface area contributed by atoms with Crippen LogP contribution in [-0.4, -0.2) is 35.5 Å². The van der Waals surface area contributed by atoms with Gasteiger partial charge in [0.1, 0.15) is 0 Å². The number of hydrogen-bond acceptors (Lipinski definition) is 6. The molecule has 0 bridgehead atoms. The second-order valence-corrected chi connectivity index (χ2v) is 8.81. The number of rotatable bonds is 7. The Morgan fingerprint density at radius 1 is 1.17 bits per heavy atom. The molecule has 4 rings (SSSR count). The van der Waals surface area contributed by atoms with Crippen molar-refractivity contribution in [2.24, 2.45) is 5.10 Å². The first-order chi connectivity index (χ1) is 16.9. The van der Waals surface area contributed by atoms with E-state index in [0.717, 1.165) is 4.68 Å². The topological polar surface area (TPSA) is 115 Å². The van der Waals surface area contributed by atoms with E-state index in [0.29, 0.717) is 42.2 Å². The summed E-state index contributed by atoms with van der Waals surface area (Å²) in [5, 5.41) is 7.69. The molecule has 0 atom stereocenters. The van der Waals surface area contributed by atoms with E-state index in [1.807, 2.05) is 22.6 Å².